The predicted octanol–water partition coefficient (Wildman–Crippen LogP) is 2.75. The predicted molar refractivity (Wildman–Crippen MR) is 75.1 cm³/mol. The van der Waals surface area contributed by atoms with Crippen molar-refractivity contribution in [3.8, 4) is 0 Å². The molecule has 1 N–H and O–H groups in total. The van der Waals surface area contributed by atoms with Crippen LogP contribution < -0.4 is 0 Å². The molecule has 0 fully saturated rings. The van der Waals surface area contributed by atoms with Gasteiger partial charge in [-0.15, -0.1) is 0 Å². The van der Waals surface area contributed by atoms with E-state index in [1.165, 1.54) is 0 Å². The van der Waals surface area contributed by atoms with E-state index in [-0.39, 0.29) is 24.4 Å². The van der Waals surface area contributed by atoms with Crippen LogP contribution in [0, 0.1) is 0 Å². The zero-order chi connectivity index (χ0) is 14.3. The smallest absolute Gasteiger partial charge is 0.336 e. The Morgan fingerprint density at radius 3 is 2.00 bits per heavy atom. The Labute approximate surface area is 114 Å². The summed E-state index contributed by atoms with van der Waals surface area (Å²) in [4.78, 5) is 0. The van der Waals surface area contributed by atoms with Crippen LogP contribution in [0.15, 0.2) is 0 Å². The van der Waals surface area contributed by atoms with Gasteiger partial charge in [-0.1, -0.05) is 0 Å². The molecular weight excluding hydrogens is 275 g/mol. The fourth-order valence-corrected chi connectivity index (χ4v) is 3.55. The molecule has 0 heterocycles. The largest absolute Gasteiger partial charge is 0.482 e. The summed E-state index contributed by atoms with van der Waals surface area (Å²) in [5, 5.41) is 10.0. The van der Waals surface area contributed by atoms with Crippen molar-refractivity contribution in [1.82, 2.24) is 0 Å². The van der Waals surface area contributed by atoms with E-state index in [2.05, 4.69) is 0 Å². The number of ether oxygens (including phenoxy) is 1. The second-order valence-electron chi connectivity index (χ2n) is 4.05. The first kappa shape index (κ1) is 18.0. The van der Waals surface area contributed by atoms with E-state index in [4.69, 9.17) is 26.0 Å². The van der Waals surface area contributed by atoms with Crippen LogP contribution in [0.2, 0.25) is 0 Å². The van der Waals surface area contributed by atoms with E-state index in [9.17, 15) is 9.67 Å². The number of thiocarbonyl (C=S) groups is 1. The molecule has 0 spiro atoms. The maximum Gasteiger partial charge on any atom is 0.336 e. The fraction of sp³-hybridized carbons (Fsp3) is 0.909. The van der Waals surface area contributed by atoms with Gasteiger partial charge >= 0.3 is 7.60 Å². The molecule has 0 aromatic rings. The third-order valence-electron chi connectivity index (χ3n) is 2.17. The van der Waals surface area contributed by atoms with Gasteiger partial charge in [0.15, 0.2) is 5.05 Å². The maximum absolute atomic E-state index is 12.4. The van der Waals surface area contributed by atoms with Gasteiger partial charge in [-0.05, 0) is 46.8 Å². The molecule has 0 aliphatic carbocycles. The highest BCUT2D eigenvalue weighted by Gasteiger charge is 2.39. The van der Waals surface area contributed by atoms with Gasteiger partial charge in [-0.25, -0.2) is 0 Å². The van der Waals surface area contributed by atoms with E-state index in [1.54, 1.807) is 34.6 Å². The number of hydrogen-bond donors (Lipinski definition) is 1. The van der Waals surface area contributed by atoms with Crippen molar-refractivity contribution in [3.63, 3.8) is 0 Å². The molecule has 18 heavy (non-hydrogen) atoms. The molecule has 0 amide bonds. The van der Waals surface area contributed by atoms with E-state index < -0.39 is 19.4 Å². The fourth-order valence-electron chi connectivity index (χ4n) is 1.30. The molecule has 0 bridgehead atoms. The first-order chi connectivity index (χ1) is 8.28. The lowest BCUT2D eigenvalue weighted by atomic mass is 10.3. The summed E-state index contributed by atoms with van der Waals surface area (Å²) in [5.74, 6) is 0. The molecule has 108 valence electrons. The minimum Gasteiger partial charge on any atom is -0.482 e. The van der Waals surface area contributed by atoms with Gasteiger partial charge in [0.05, 0.1) is 25.0 Å². The van der Waals surface area contributed by atoms with Crippen LogP contribution >= 0.6 is 19.8 Å². The van der Waals surface area contributed by atoms with Crippen LogP contribution in [0.1, 0.15) is 34.6 Å². The molecular formula is C11H23O5PS. The first-order valence-electron chi connectivity index (χ1n) is 6.05. The van der Waals surface area contributed by atoms with E-state index in [0.717, 1.165) is 0 Å². The van der Waals surface area contributed by atoms with Gasteiger partial charge in [-0.2, -0.15) is 0 Å². The summed E-state index contributed by atoms with van der Waals surface area (Å²) in [6, 6.07) is 0. The van der Waals surface area contributed by atoms with Crippen LogP contribution in [-0.4, -0.2) is 41.2 Å². The SMILES string of the molecule is CCOP(=O)(OCC)C(C)C(O)C(=S)OC(C)C. The molecule has 0 aromatic carbocycles. The molecule has 0 saturated heterocycles. The average molecular weight is 298 g/mol. The van der Waals surface area contributed by atoms with Crippen molar-refractivity contribution in [2.45, 2.75) is 52.5 Å². The van der Waals surface area contributed by atoms with Crippen molar-refractivity contribution in [2.24, 2.45) is 0 Å². The molecule has 0 radical (unpaired) electrons. The Bertz CT molecular complexity index is 298. The van der Waals surface area contributed by atoms with Gasteiger partial charge < -0.3 is 18.9 Å². The van der Waals surface area contributed by atoms with Gasteiger partial charge in [0.25, 0.3) is 0 Å². The summed E-state index contributed by atoms with van der Waals surface area (Å²) in [6.07, 6.45) is -1.30. The van der Waals surface area contributed by atoms with Crippen molar-refractivity contribution < 1.29 is 23.5 Å². The minimum atomic E-state index is -3.38. The van der Waals surface area contributed by atoms with Gasteiger partial charge in [0, 0.05) is 0 Å². The third-order valence-corrected chi connectivity index (χ3v) is 5.02. The van der Waals surface area contributed by atoms with E-state index in [1.807, 2.05) is 0 Å². The van der Waals surface area contributed by atoms with Crippen LogP contribution in [0.25, 0.3) is 0 Å². The van der Waals surface area contributed by atoms with Crippen molar-refractivity contribution in [1.29, 1.82) is 0 Å². The van der Waals surface area contributed by atoms with E-state index >= 15 is 0 Å². The van der Waals surface area contributed by atoms with Gasteiger partial charge in [0.1, 0.15) is 6.10 Å². The quantitative estimate of drug-likeness (QED) is 0.549. The maximum atomic E-state index is 12.4. The van der Waals surface area contributed by atoms with Crippen LogP contribution in [0.4, 0.5) is 0 Å². The van der Waals surface area contributed by atoms with Crippen molar-refractivity contribution in [2.75, 3.05) is 13.2 Å². The molecule has 0 saturated carbocycles. The minimum absolute atomic E-state index is 0.0112. The third kappa shape index (κ3) is 5.33. The lowest BCUT2D eigenvalue weighted by Gasteiger charge is -2.27. The normalized spacial score (nSPS) is 15.5. The van der Waals surface area contributed by atoms with Crippen molar-refractivity contribution in [3.05, 3.63) is 0 Å². The Kier molecular flexibility index (Phi) is 8.23. The summed E-state index contributed by atoms with van der Waals surface area (Å²) in [6.45, 7) is 9.09. The first-order valence-corrected chi connectivity index (χ1v) is 8.07. The highest BCUT2D eigenvalue weighted by Crippen LogP contribution is 2.54. The van der Waals surface area contributed by atoms with Crippen LogP contribution in [0.3, 0.4) is 0 Å². The summed E-state index contributed by atoms with van der Waals surface area (Å²) < 4.78 is 28.0. The number of rotatable bonds is 8. The van der Waals surface area contributed by atoms with Gasteiger partial charge in [0.2, 0.25) is 0 Å². The summed E-state index contributed by atoms with van der Waals surface area (Å²) in [7, 11) is -3.38. The molecule has 0 aromatic heterocycles. The molecule has 0 rings (SSSR count). The molecule has 2 unspecified atom stereocenters. The zero-order valence-corrected chi connectivity index (χ0v) is 13.3. The molecule has 0 aliphatic heterocycles. The molecule has 0 aliphatic rings. The van der Waals surface area contributed by atoms with Crippen LogP contribution in [-0.2, 0) is 18.3 Å². The number of aliphatic hydroxyl groups is 1. The second kappa shape index (κ2) is 8.23. The Morgan fingerprint density at radius 2 is 1.67 bits per heavy atom. The summed E-state index contributed by atoms with van der Waals surface area (Å²) in [5.41, 5.74) is -0.761. The van der Waals surface area contributed by atoms with E-state index in [0.29, 0.717) is 0 Å². The number of hydrogen-bond acceptors (Lipinski definition) is 6. The van der Waals surface area contributed by atoms with Crippen molar-refractivity contribution >= 4 is 24.9 Å². The Hall–Kier alpha value is -0.0000000000000000278. The monoisotopic (exact) mass is 298 g/mol. The Morgan fingerprint density at radius 1 is 1.22 bits per heavy atom. The molecule has 7 heteroatoms. The van der Waals surface area contributed by atoms with Gasteiger partial charge in [-0.3, -0.25) is 4.57 Å². The topological polar surface area (TPSA) is 65.0 Å². The second-order valence-corrected chi connectivity index (χ2v) is 6.86. The highest BCUT2D eigenvalue weighted by atomic mass is 32.1. The molecule has 5 nitrogen and oxygen atoms in total. The highest BCUT2D eigenvalue weighted by molar-refractivity contribution is 7.80. The Balaban J connectivity index is 4.80. The average Bonchev–Trinajstić information content (AvgIpc) is 2.26. The molecule has 2 atom stereocenters. The number of aliphatic hydroxyl groups excluding tert-OH is 1. The lowest BCUT2D eigenvalue weighted by Crippen LogP contribution is -2.34. The lowest BCUT2D eigenvalue weighted by molar-refractivity contribution is 0.145. The zero-order valence-electron chi connectivity index (χ0n) is 11.6. The van der Waals surface area contributed by atoms with Crippen LogP contribution in [0.5, 0.6) is 0 Å². The standard InChI is InChI=1S/C11H23O5PS/c1-6-14-17(13,15-7-2)9(5)10(12)11(18)16-8(3)4/h8-10,12H,6-7H2,1-5H3. The summed E-state index contributed by atoms with van der Waals surface area (Å²) >= 11 is 4.96.